The average Bonchev–Trinajstić information content (AvgIpc) is 2.36. The molecule has 126 valence electrons. The minimum Gasteiger partial charge on any atom is -0.383 e. The fraction of sp³-hybridized carbons (Fsp3) is 1.00. The van der Waals surface area contributed by atoms with E-state index in [0.29, 0.717) is 23.3 Å². The predicted octanol–water partition coefficient (Wildman–Crippen LogP) is 3.38. The highest BCUT2D eigenvalue weighted by Crippen LogP contribution is 2.40. The summed E-state index contributed by atoms with van der Waals surface area (Å²) in [6.45, 7) is 15.8. The maximum Gasteiger partial charge on any atom is 0.0589 e. The first kappa shape index (κ1) is 18.9. The Balaban J connectivity index is 2.61. The molecule has 0 aromatic rings. The first-order valence-corrected chi connectivity index (χ1v) is 8.71. The van der Waals surface area contributed by atoms with E-state index in [-0.39, 0.29) is 0 Å². The largest absolute Gasteiger partial charge is 0.383 e. The predicted molar refractivity (Wildman–Crippen MR) is 91.4 cm³/mol. The van der Waals surface area contributed by atoms with Gasteiger partial charge in [-0.3, -0.25) is 0 Å². The summed E-state index contributed by atoms with van der Waals surface area (Å²) >= 11 is 0. The van der Waals surface area contributed by atoms with E-state index in [1.807, 2.05) is 0 Å². The second-order valence-corrected chi connectivity index (χ2v) is 8.45. The second kappa shape index (κ2) is 8.50. The van der Waals surface area contributed by atoms with Gasteiger partial charge in [0.25, 0.3) is 0 Å². The lowest BCUT2D eigenvalue weighted by molar-refractivity contribution is 0.0803. The Morgan fingerprint density at radius 3 is 2.43 bits per heavy atom. The van der Waals surface area contributed by atoms with Crippen molar-refractivity contribution in [2.45, 2.75) is 59.9 Å². The van der Waals surface area contributed by atoms with Gasteiger partial charge in [0, 0.05) is 32.8 Å². The van der Waals surface area contributed by atoms with Gasteiger partial charge in [-0.25, -0.2) is 0 Å². The van der Waals surface area contributed by atoms with Gasteiger partial charge in [0.2, 0.25) is 0 Å². The summed E-state index contributed by atoms with van der Waals surface area (Å²) < 4.78 is 5.27. The Morgan fingerprint density at radius 2 is 1.90 bits per heavy atom. The Kier molecular flexibility index (Phi) is 7.66. The van der Waals surface area contributed by atoms with Crippen molar-refractivity contribution in [2.75, 3.05) is 33.4 Å². The molecule has 3 atom stereocenters. The topological polar surface area (TPSA) is 38.5 Å². The lowest BCUT2D eigenvalue weighted by Gasteiger charge is -2.42. The van der Waals surface area contributed by atoms with E-state index < -0.39 is 0 Å². The molecule has 0 spiro atoms. The first-order chi connectivity index (χ1) is 9.74. The molecule has 0 aliphatic heterocycles. The van der Waals surface area contributed by atoms with Crippen molar-refractivity contribution in [1.82, 2.24) is 4.90 Å². The summed E-state index contributed by atoms with van der Waals surface area (Å²) in [4.78, 5) is 2.56. The number of hydrogen-bond acceptors (Lipinski definition) is 3. The Morgan fingerprint density at radius 1 is 1.24 bits per heavy atom. The van der Waals surface area contributed by atoms with Gasteiger partial charge in [0.15, 0.2) is 0 Å². The number of ether oxygens (including phenoxy) is 1. The van der Waals surface area contributed by atoms with Crippen molar-refractivity contribution in [3.63, 3.8) is 0 Å². The number of methoxy groups -OCH3 is 1. The minimum absolute atomic E-state index is 0.376. The molecular weight excluding hydrogens is 260 g/mol. The van der Waals surface area contributed by atoms with Gasteiger partial charge in [-0.05, 0) is 42.4 Å². The van der Waals surface area contributed by atoms with E-state index in [0.717, 1.165) is 32.2 Å². The molecule has 1 aliphatic carbocycles. The monoisotopic (exact) mass is 298 g/mol. The van der Waals surface area contributed by atoms with Crippen LogP contribution in [0.1, 0.15) is 53.9 Å². The molecule has 3 nitrogen and oxygen atoms in total. The number of hydrogen-bond donors (Lipinski definition) is 1. The van der Waals surface area contributed by atoms with Gasteiger partial charge >= 0.3 is 0 Å². The molecule has 1 fully saturated rings. The number of nitrogens with two attached hydrogens (primary N) is 1. The summed E-state index contributed by atoms with van der Waals surface area (Å²) in [6, 6.07) is 0.376. The van der Waals surface area contributed by atoms with Crippen molar-refractivity contribution >= 4 is 0 Å². The van der Waals surface area contributed by atoms with E-state index in [9.17, 15) is 0 Å². The molecule has 2 N–H and O–H groups in total. The molecule has 0 aromatic heterocycles. The Labute approximate surface area is 132 Å². The Hall–Kier alpha value is -0.120. The van der Waals surface area contributed by atoms with E-state index in [1.165, 1.54) is 19.3 Å². The smallest absolute Gasteiger partial charge is 0.0589 e. The molecule has 0 heterocycles. The van der Waals surface area contributed by atoms with Gasteiger partial charge < -0.3 is 15.4 Å². The van der Waals surface area contributed by atoms with Gasteiger partial charge in [-0.1, -0.05) is 34.6 Å². The molecule has 0 amide bonds. The van der Waals surface area contributed by atoms with Gasteiger partial charge in [-0.15, -0.1) is 0 Å². The third-order valence-electron chi connectivity index (χ3n) is 4.99. The number of nitrogens with zero attached hydrogens (tertiary/aromatic N) is 1. The van der Waals surface area contributed by atoms with Gasteiger partial charge in [0.1, 0.15) is 0 Å². The summed E-state index contributed by atoms with van der Waals surface area (Å²) in [7, 11) is 1.79. The molecule has 0 saturated heterocycles. The molecule has 0 aromatic carbocycles. The van der Waals surface area contributed by atoms with Crippen LogP contribution in [0.4, 0.5) is 0 Å². The summed E-state index contributed by atoms with van der Waals surface area (Å²) in [5, 5.41) is 0. The first-order valence-electron chi connectivity index (χ1n) is 8.71. The molecule has 3 unspecified atom stereocenters. The Bertz CT molecular complexity index is 285. The zero-order valence-corrected chi connectivity index (χ0v) is 15.2. The van der Waals surface area contributed by atoms with Crippen LogP contribution in [0.2, 0.25) is 0 Å². The van der Waals surface area contributed by atoms with Crippen LogP contribution in [0.15, 0.2) is 0 Å². The zero-order valence-electron chi connectivity index (χ0n) is 15.2. The zero-order chi connectivity index (χ0) is 16.0. The average molecular weight is 299 g/mol. The standard InChI is InChI=1S/C18H38N2O/c1-14(2)12-20(9-10-21-6)13-15-11-16(18(3,4)5)7-8-17(15)19/h14-17H,7-13,19H2,1-6H3. The van der Waals surface area contributed by atoms with Crippen molar-refractivity contribution < 1.29 is 4.74 Å². The maximum absolute atomic E-state index is 6.43. The van der Waals surface area contributed by atoms with Crippen LogP contribution in [-0.2, 0) is 4.74 Å². The fourth-order valence-electron chi connectivity index (χ4n) is 3.61. The highest BCUT2D eigenvalue weighted by Gasteiger charge is 2.35. The molecule has 1 saturated carbocycles. The van der Waals surface area contributed by atoms with Gasteiger partial charge in [-0.2, -0.15) is 0 Å². The third-order valence-corrected chi connectivity index (χ3v) is 4.99. The molecule has 21 heavy (non-hydrogen) atoms. The van der Waals surface area contributed by atoms with Gasteiger partial charge in [0.05, 0.1) is 6.61 Å². The highest BCUT2D eigenvalue weighted by molar-refractivity contribution is 4.89. The van der Waals surface area contributed by atoms with Crippen LogP contribution in [0.25, 0.3) is 0 Å². The van der Waals surface area contributed by atoms with Crippen molar-refractivity contribution in [1.29, 1.82) is 0 Å². The summed E-state index contributed by atoms with van der Waals surface area (Å²) in [5.74, 6) is 2.14. The normalized spacial score (nSPS) is 27.6. The van der Waals surface area contributed by atoms with E-state index in [2.05, 4.69) is 39.5 Å². The SMILES string of the molecule is COCCN(CC(C)C)CC1CC(C(C)(C)C)CCC1N. The lowest BCUT2D eigenvalue weighted by Crippen LogP contribution is -2.46. The molecule has 1 aliphatic rings. The van der Waals surface area contributed by atoms with Crippen LogP contribution in [0, 0.1) is 23.2 Å². The van der Waals surface area contributed by atoms with Crippen molar-refractivity contribution in [2.24, 2.45) is 28.9 Å². The van der Waals surface area contributed by atoms with Crippen molar-refractivity contribution in [3.8, 4) is 0 Å². The lowest BCUT2D eigenvalue weighted by atomic mass is 9.67. The maximum atomic E-state index is 6.43. The van der Waals surface area contributed by atoms with Crippen molar-refractivity contribution in [3.05, 3.63) is 0 Å². The summed E-state index contributed by atoms with van der Waals surface area (Å²) in [5.41, 5.74) is 6.84. The number of rotatable bonds is 7. The second-order valence-electron chi connectivity index (χ2n) is 8.45. The minimum atomic E-state index is 0.376. The fourth-order valence-corrected chi connectivity index (χ4v) is 3.61. The molecule has 1 rings (SSSR count). The molecule has 0 bridgehead atoms. The molecule has 0 radical (unpaired) electrons. The van der Waals surface area contributed by atoms with Crippen LogP contribution in [-0.4, -0.2) is 44.3 Å². The van der Waals surface area contributed by atoms with Crippen LogP contribution in [0.5, 0.6) is 0 Å². The quantitative estimate of drug-likeness (QED) is 0.783. The van der Waals surface area contributed by atoms with E-state index in [4.69, 9.17) is 10.5 Å². The summed E-state index contributed by atoms with van der Waals surface area (Å²) in [6.07, 6.45) is 3.77. The third kappa shape index (κ3) is 6.66. The molecular formula is C18H38N2O. The van der Waals surface area contributed by atoms with Crippen LogP contribution >= 0.6 is 0 Å². The molecule has 3 heteroatoms. The highest BCUT2D eigenvalue weighted by atomic mass is 16.5. The van der Waals surface area contributed by atoms with E-state index in [1.54, 1.807) is 7.11 Å². The van der Waals surface area contributed by atoms with E-state index >= 15 is 0 Å². The van der Waals surface area contributed by atoms with Crippen LogP contribution in [0.3, 0.4) is 0 Å². The van der Waals surface area contributed by atoms with Crippen LogP contribution < -0.4 is 5.73 Å².